The Labute approximate surface area is 157 Å². The van der Waals surface area contributed by atoms with E-state index in [0.29, 0.717) is 18.7 Å². The van der Waals surface area contributed by atoms with Crippen molar-refractivity contribution >= 4 is 17.4 Å². The van der Waals surface area contributed by atoms with Crippen LogP contribution in [-0.2, 0) is 9.59 Å². The van der Waals surface area contributed by atoms with Crippen molar-refractivity contribution in [2.24, 2.45) is 0 Å². The van der Waals surface area contributed by atoms with E-state index in [4.69, 9.17) is 5.11 Å². The van der Waals surface area contributed by atoms with Gasteiger partial charge in [-0.05, 0) is 5.56 Å². The number of aliphatic hydroxyl groups is 2. The number of carbonyl (C=O) groups is 2. The highest BCUT2D eigenvalue weighted by atomic mass is 16.3. The third-order valence-corrected chi connectivity index (χ3v) is 4.52. The van der Waals surface area contributed by atoms with Crippen LogP contribution in [0.2, 0.25) is 0 Å². The minimum Gasteiger partial charge on any atom is -0.507 e. The number of hydrogen-bond donors (Lipinski definition) is 3. The summed E-state index contributed by atoms with van der Waals surface area (Å²) in [5.41, 5.74) is 1.35. The van der Waals surface area contributed by atoms with E-state index in [9.17, 15) is 14.7 Å². The number of benzene rings is 2. The summed E-state index contributed by atoms with van der Waals surface area (Å²) in [5, 5.41) is 22.7. The van der Waals surface area contributed by atoms with Crippen LogP contribution in [0.5, 0.6) is 0 Å². The van der Waals surface area contributed by atoms with Crippen LogP contribution in [0.1, 0.15) is 17.2 Å². The smallest absolute Gasteiger partial charge is 0.295 e. The van der Waals surface area contributed by atoms with E-state index in [-0.39, 0.29) is 24.5 Å². The predicted molar refractivity (Wildman–Crippen MR) is 102 cm³/mol. The van der Waals surface area contributed by atoms with Gasteiger partial charge in [-0.15, -0.1) is 0 Å². The summed E-state index contributed by atoms with van der Waals surface area (Å²) in [6, 6.07) is 17.3. The van der Waals surface area contributed by atoms with Crippen molar-refractivity contribution in [1.82, 2.24) is 10.2 Å². The Kier molecular flexibility index (Phi) is 6.01. The number of aliphatic hydroxyl groups excluding tert-OH is 2. The molecule has 0 spiro atoms. The van der Waals surface area contributed by atoms with Gasteiger partial charge < -0.3 is 20.4 Å². The van der Waals surface area contributed by atoms with Crippen molar-refractivity contribution in [2.75, 3.05) is 26.2 Å². The summed E-state index contributed by atoms with van der Waals surface area (Å²) >= 11 is 0. The molecule has 1 fully saturated rings. The quantitative estimate of drug-likeness (QED) is 0.300. The number of nitrogens with zero attached hydrogens (tertiary/aromatic N) is 1. The van der Waals surface area contributed by atoms with Gasteiger partial charge >= 0.3 is 0 Å². The summed E-state index contributed by atoms with van der Waals surface area (Å²) in [5.74, 6) is -1.49. The first-order valence-corrected chi connectivity index (χ1v) is 8.85. The molecule has 140 valence electrons. The number of amides is 1. The molecule has 2 aromatic rings. The largest absolute Gasteiger partial charge is 0.507 e. The Morgan fingerprint density at radius 1 is 0.963 bits per heavy atom. The highest BCUT2D eigenvalue weighted by molar-refractivity contribution is 6.46. The fourth-order valence-electron chi connectivity index (χ4n) is 3.25. The van der Waals surface area contributed by atoms with Gasteiger partial charge in [0.15, 0.2) is 0 Å². The monoisotopic (exact) mass is 366 g/mol. The number of rotatable bonds is 7. The van der Waals surface area contributed by atoms with Crippen molar-refractivity contribution in [3.05, 3.63) is 77.4 Å². The van der Waals surface area contributed by atoms with Crippen molar-refractivity contribution < 1.29 is 19.8 Å². The van der Waals surface area contributed by atoms with Gasteiger partial charge in [-0.1, -0.05) is 60.7 Å². The van der Waals surface area contributed by atoms with Gasteiger partial charge in [0.2, 0.25) is 0 Å². The summed E-state index contributed by atoms with van der Waals surface area (Å²) in [6.45, 7) is 1.12. The molecule has 1 saturated heterocycles. The van der Waals surface area contributed by atoms with Crippen LogP contribution in [0.15, 0.2) is 66.2 Å². The molecule has 1 amide bonds. The Bertz CT molecular complexity index is 834. The van der Waals surface area contributed by atoms with Crippen molar-refractivity contribution in [3.63, 3.8) is 0 Å². The van der Waals surface area contributed by atoms with Crippen LogP contribution in [0.3, 0.4) is 0 Å². The van der Waals surface area contributed by atoms with Crippen LogP contribution < -0.4 is 5.32 Å². The summed E-state index contributed by atoms with van der Waals surface area (Å²) in [6.07, 6.45) is 0. The molecule has 3 N–H and O–H groups in total. The van der Waals surface area contributed by atoms with Gasteiger partial charge in [-0.25, -0.2) is 0 Å². The summed E-state index contributed by atoms with van der Waals surface area (Å²) in [4.78, 5) is 26.9. The zero-order chi connectivity index (χ0) is 19.2. The zero-order valence-corrected chi connectivity index (χ0v) is 14.8. The van der Waals surface area contributed by atoms with Crippen LogP contribution in [-0.4, -0.2) is 53.0 Å². The minimum atomic E-state index is -0.688. The molecule has 0 saturated carbocycles. The lowest BCUT2D eigenvalue weighted by molar-refractivity contribution is -0.139. The molecule has 6 nitrogen and oxygen atoms in total. The van der Waals surface area contributed by atoms with Gasteiger partial charge in [0.05, 0.1) is 18.2 Å². The number of carbonyl (C=O) groups excluding carboxylic acids is 2. The van der Waals surface area contributed by atoms with E-state index in [1.54, 1.807) is 24.3 Å². The molecular formula is C21H22N2O4. The molecule has 27 heavy (non-hydrogen) atoms. The molecule has 1 unspecified atom stereocenters. The highest BCUT2D eigenvalue weighted by Gasteiger charge is 2.45. The van der Waals surface area contributed by atoms with E-state index in [0.717, 1.165) is 5.56 Å². The number of likely N-dealkylation sites (tertiary alicyclic amines) is 1. The minimum absolute atomic E-state index is 0.00502. The second-order valence-electron chi connectivity index (χ2n) is 6.24. The summed E-state index contributed by atoms with van der Waals surface area (Å²) < 4.78 is 0. The number of nitrogens with one attached hydrogen (secondary N) is 1. The molecule has 0 aliphatic carbocycles. The Morgan fingerprint density at radius 3 is 2.22 bits per heavy atom. The topological polar surface area (TPSA) is 89.9 Å². The molecule has 6 heteroatoms. The molecular weight excluding hydrogens is 344 g/mol. The molecule has 1 atom stereocenters. The molecule has 3 rings (SSSR count). The molecule has 0 aromatic heterocycles. The molecule has 1 aliphatic rings. The second-order valence-corrected chi connectivity index (χ2v) is 6.24. The maximum absolute atomic E-state index is 12.7. The number of hydrogen-bond acceptors (Lipinski definition) is 5. The fraction of sp³-hybridized carbons (Fsp3) is 0.238. The van der Waals surface area contributed by atoms with Crippen LogP contribution in [0.25, 0.3) is 5.76 Å². The standard InChI is InChI=1S/C21H22N2O4/c24-14-12-22-11-13-23-18(15-7-3-1-4-8-15)17(20(26)21(23)27)19(25)16-9-5-2-6-10-16/h1-10,18,22,24-25H,11-14H2/b19-17-. The first kappa shape index (κ1) is 18.8. The Hall–Kier alpha value is -2.96. The van der Waals surface area contributed by atoms with Crippen molar-refractivity contribution in [1.29, 1.82) is 0 Å². The van der Waals surface area contributed by atoms with Gasteiger partial charge in [-0.2, -0.15) is 0 Å². The first-order valence-electron chi connectivity index (χ1n) is 8.85. The maximum atomic E-state index is 12.7. The lowest BCUT2D eigenvalue weighted by Gasteiger charge is -2.25. The van der Waals surface area contributed by atoms with Crippen LogP contribution >= 0.6 is 0 Å². The van der Waals surface area contributed by atoms with Gasteiger partial charge in [0.1, 0.15) is 5.76 Å². The summed E-state index contributed by atoms with van der Waals surface area (Å²) in [7, 11) is 0. The normalized spacial score (nSPS) is 18.9. The maximum Gasteiger partial charge on any atom is 0.295 e. The third kappa shape index (κ3) is 3.92. The average molecular weight is 366 g/mol. The molecule has 1 aliphatic heterocycles. The third-order valence-electron chi connectivity index (χ3n) is 4.52. The molecule has 1 heterocycles. The van der Waals surface area contributed by atoms with Gasteiger partial charge in [-0.3, -0.25) is 9.59 Å². The van der Waals surface area contributed by atoms with Crippen molar-refractivity contribution in [2.45, 2.75) is 6.04 Å². The van der Waals surface area contributed by atoms with E-state index >= 15 is 0 Å². The van der Waals surface area contributed by atoms with Crippen LogP contribution in [0.4, 0.5) is 0 Å². The van der Waals surface area contributed by atoms with Crippen molar-refractivity contribution in [3.8, 4) is 0 Å². The average Bonchev–Trinajstić information content (AvgIpc) is 2.97. The first-order chi connectivity index (χ1) is 13.1. The van der Waals surface area contributed by atoms with E-state index < -0.39 is 17.7 Å². The van der Waals surface area contributed by atoms with E-state index in [1.165, 1.54) is 4.90 Å². The lowest BCUT2D eigenvalue weighted by atomic mass is 9.95. The number of ketones is 1. The fourth-order valence-corrected chi connectivity index (χ4v) is 3.25. The zero-order valence-electron chi connectivity index (χ0n) is 14.8. The Balaban J connectivity index is 2.03. The Morgan fingerprint density at radius 2 is 1.59 bits per heavy atom. The van der Waals surface area contributed by atoms with Gasteiger partial charge in [0.25, 0.3) is 11.7 Å². The number of Topliss-reactive ketones (excluding diaryl/α,β-unsaturated/α-hetero) is 1. The van der Waals surface area contributed by atoms with E-state index in [1.807, 2.05) is 36.4 Å². The van der Waals surface area contributed by atoms with Crippen LogP contribution in [0, 0.1) is 0 Å². The highest BCUT2D eigenvalue weighted by Crippen LogP contribution is 2.38. The molecule has 0 radical (unpaired) electrons. The predicted octanol–water partition coefficient (Wildman–Crippen LogP) is 1.69. The van der Waals surface area contributed by atoms with E-state index in [2.05, 4.69) is 5.32 Å². The molecule has 0 bridgehead atoms. The lowest BCUT2D eigenvalue weighted by Crippen LogP contribution is -2.36. The SMILES string of the molecule is O=C1C(=O)N(CCNCCO)C(c2ccccc2)/C1=C(/O)c1ccccc1. The van der Waals surface area contributed by atoms with Gasteiger partial charge in [0, 0.05) is 25.2 Å². The second kappa shape index (κ2) is 8.62. The molecule has 2 aromatic carbocycles.